The molecule has 1 N–H and O–H groups in total. The third-order valence-corrected chi connectivity index (χ3v) is 2.50. The first-order valence-corrected chi connectivity index (χ1v) is 5.14. The van der Waals surface area contributed by atoms with E-state index >= 15 is 0 Å². The number of benzene rings is 1. The summed E-state index contributed by atoms with van der Waals surface area (Å²) >= 11 is 0. The molecule has 0 saturated carbocycles. The lowest BCUT2D eigenvalue weighted by Gasteiger charge is -2.00. The maximum Gasteiger partial charge on any atom is 0.273 e. The highest BCUT2D eigenvalue weighted by atomic mass is 16.6. The monoisotopic (exact) mass is 246 g/mol. The maximum atomic E-state index is 10.8. The van der Waals surface area contributed by atoms with Gasteiger partial charge in [-0.2, -0.15) is 0 Å². The highest BCUT2D eigenvalue weighted by molar-refractivity contribution is 5.77. The molecule has 0 aliphatic rings. The van der Waals surface area contributed by atoms with Gasteiger partial charge in [0, 0.05) is 17.2 Å². The van der Waals surface area contributed by atoms with E-state index in [1.807, 2.05) is 0 Å². The number of oxime groups is 1. The van der Waals surface area contributed by atoms with Crippen molar-refractivity contribution in [2.24, 2.45) is 5.16 Å². The summed E-state index contributed by atoms with van der Waals surface area (Å²) < 4.78 is 5.35. The predicted octanol–water partition coefficient (Wildman–Crippen LogP) is 2.97. The number of nitro benzene ring substituents is 1. The third kappa shape index (κ3) is 2.22. The van der Waals surface area contributed by atoms with Gasteiger partial charge in [-0.05, 0) is 19.1 Å². The second kappa shape index (κ2) is 4.70. The van der Waals surface area contributed by atoms with E-state index in [0.717, 1.165) is 6.21 Å². The number of rotatable bonds is 3. The number of hydrogen-bond acceptors (Lipinski definition) is 5. The summed E-state index contributed by atoms with van der Waals surface area (Å²) in [6.07, 6.45) is 1.14. The molecule has 2 rings (SSSR count). The normalized spacial score (nSPS) is 10.9. The summed E-state index contributed by atoms with van der Waals surface area (Å²) in [6, 6.07) is 8.12. The standard InChI is InChI=1S/C12H10N2O4/c1-8-2-3-9(6-11(8)14(16)17)12-5-4-10(18-12)7-13-15/h2-7,15H,1H3. The summed E-state index contributed by atoms with van der Waals surface area (Å²) in [5, 5.41) is 22.1. The van der Waals surface area contributed by atoms with Gasteiger partial charge in [0.05, 0.1) is 4.92 Å². The van der Waals surface area contributed by atoms with Gasteiger partial charge in [0.25, 0.3) is 5.69 Å². The van der Waals surface area contributed by atoms with Crippen LogP contribution >= 0.6 is 0 Å². The molecule has 1 aromatic carbocycles. The average molecular weight is 246 g/mol. The second-order valence-electron chi connectivity index (χ2n) is 3.70. The van der Waals surface area contributed by atoms with Crippen LogP contribution in [-0.2, 0) is 0 Å². The van der Waals surface area contributed by atoms with Crippen molar-refractivity contribution in [2.45, 2.75) is 6.92 Å². The zero-order chi connectivity index (χ0) is 13.1. The lowest BCUT2D eigenvalue weighted by molar-refractivity contribution is -0.385. The van der Waals surface area contributed by atoms with Gasteiger partial charge < -0.3 is 9.62 Å². The van der Waals surface area contributed by atoms with E-state index < -0.39 is 4.92 Å². The molecule has 0 amide bonds. The Hall–Kier alpha value is -2.63. The fourth-order valence-corrected chi connectivity index (χ4v) is 1.59. The van der Waals surface area contributed by atoms with Crippen LogP contribution in [-0.4, -0.2) is 16.3 Å². The van der Waals surface area contributed by atoms with Crippen molar-refractivity contribution in [3.05, 3.63) is 51.8 Å². The van der Waals surface area contributed by atoms with Crippen molar-refractivity contribution in [1.29, 1.82) is 0 Å². The van der Waals surface area contributed by atoms with E-state index in [-0.39, 0.29) is 5.69 Å². The molecule has 1 heterocycles. The maximum absolute atomic E-state index is 10.8. The number of nitro groups is 1. The molecule has 0 aliphatic carbocycles. The Bertz CT molecular complexity index is 616. The van der Waals surface area contributed by atoms with Crippen LogP contribution in [0.1, 0.15) is 11.3 Å². The fraction of sp³-hybridized carbons (Fsp3) is 0.0833. The Morgan fingerprint density at radius 1 is 1.39 bits per heavy atom. The zero-order valence-corrected chi connectivity index (χ0v) is 9.53. The fourth-order valence-electron chi connectivity index (χ4n) is 1.59. The van der Waals surface area contributed by atoms with Crippen LogP contribution in [0.5, 0.6) is 0 Å². The largest absolute Gasteiger partial charge is 0.455 e. The summed E-state index contributed by atoms with van der Waals surface area (Å²) in [6.45, 7) is 1.67. The van der Waals surface area contributed by atoms with E-state index in [2.05, 4.69) is 5.16 Å². The van der Waals surface area contributed by atoms with Crippen LogP contribution in [0.3, 0.4) is 0 Å². The van der Waals surface area contributed by atoms with Gasteiger partial charge in [-0.3, -0.25) is 10.1 Å². The van der Waals surface area contributed by atoms with Crippen LogP contribution < -0.4 is 0 Å². The molecule has 1 aromatic heterocycles. The number of aryl methyl sites for hydroxylation is 1. The van der Waals surface area contributed by atoms with Crippen LogP contribution in [0.25, 0.3) is 11.3 Å². The molecular weight excluding hydrogens is 236 g/mol. The molecule has 0 radical (unpaired) electrons. The molecule has 0 atom stereocenters. The van der Waals surface area contributed by atoms with Crippen LogP contribution in [0, 0.1) is 17.0 Å². The summed E-state index contributed by atoms with van der Waals surface area (Å²) in [4.78, 5) is 10.4. The van der Waals surface area contributed by atoms with E-state index in [1.54, 1.807) is 31.2 Å². The molecule has 6 heteroatoms. The lowest BCUT2D eigenvalue weighted by Crippen LogP contribution is -1.91. The van der Waals surface area contributed by atoms with E-state index in [9.17, 15) is 10.1 Å². The first kappa shape index (κ1) is 11.8. The van der Waals surface area contributed by atoms with Gasteiger partial charge >= 0.3 is 0 Å². The Kier molecular flexibility index (Phi) is 3.09. The SMILES string of the molecule is Cc1ccc(-c2ccc(C=NO)o2)cc1[N+](=O)[O-]. The minimum absolute atomic E-state index is 0.0428. The van der Waals surface area contributed by atoms with Crippen LogP contribution in [0.4, 0.5) is 5.69 Å². The first-order chi connectivity index (χ1) is 8.61. The minimum Gasteiger partial charge on any atom is -0.455 e. The summed E-state index contributed by atoms with van der Waals surface area (Å²) in [5.41, 5.74) is 1.23. The lowest BCUT2D eigenvalue weighted by atomic mass is 10.1. The quantitative estimate of drug-likeness (QED) is 0.390. The molecule has 0 spiro atoms. The van der Waals surface area contributed by atoms with Crippen molar-refractivity contribution in [3.63, 3.8) is 0 Å². The van der Waals surface area contributed by atoms with Gasteiger partial charge in [-0.1, -0.05) is 17.3 Å². The van der Waals surface area contributed by atoms with E-state index in [0.29, 0.717) is 22.6 Å². The first-order valence-electron chi connectivity index (χ1n) is 5.14. The van der Waals surface area contributed by atoms with Crippen molar-refractivity contribution in [1.82, 2.24) is 0 Å². The van der Waals surface area contributed by atoms with Gasteiger partial charge in [-0.15, -0.1) is 0 Å². The highest BCUT2D eigenvalue weighted by Gasteiger charge is 2.13. The van der Waals surface area contributed by atoms with Gasteiger partial charge in [-0.25, -0.2) is 0 Å². The predicted molar refractivity (Wildman–Crippen MR) is 64.9 cm³/mol. The smallest absolute Gasteiger partial charge is 0.273 e. The molecule has 0 aliphatic heterocycles. The van der Waals surface area contributed by atoms with Gasteiger partial charge in [0.2, 0.25) is 0 Å². The molecule has 18 heavy (non-hydrogen) atoms. The molecule has 0 fully saturated rings. The summed E-state index contributed by atoms with van der Waals surface area (Å²) in [5.74, 6) is 0.851. The molecular formula is C12H10N2O4. The van der Waals surface area contributed by atoms with Crippen molar-refractivity contribution >= 4 is 11.9 Å². The second-order valence-corrected chi connectivity index (χ2v) is 3.70. The number of hydrogen-bond donors (Lipinski definition) is 1. The molecule has 92 valence electrons. The number of furan rings is 1. The van der Waals surface area contributed by atoms with Gasteiger partial charge in [0.1, 0.15) is 17.7 Å². The molecule has 0 saturated heterocycles. The molecule has 0 unspecified atom stereocenters. The van der Waals surface area contributed by atoms with Gasteiger partial charge in [0.15, 0.2) is 0 Å². The van der Waals surface area contributed by atoms with E-state index in [1.165, 1.54) is 6.07 Å². The van der Waals surface area contributed by atoms with Crippen LogP contribution in [0.2, 0.25) is 0 Å². The average Bonchev–Trinajstić information content (AvgIpc) is 2.78. The van der Waals surface area contributed by atoms with Crippen molar-refractivity contribution < 1.29 is 14.5 Å². The van der Waals surface area contributed by atoms with Crippen LogP contribution in [0.15, 0.2) is 39.9 Å². The third-order valence-electron chi connectivity index (χ3n) is 2.50. The minimum atomic E-state index is -0.433. The zero-order valence-electron chi connectivity index (χ0n) is 9.53. The van der Waals surface area contributed by atoms with E-state index in [4.69, 9.17) is 9.62 Å². The Labute approximate surface area is 102 Å². The van der Waals surface area contributed by atoms with Crippen molar-refractivity contribution in [3.8, 4) is 11.3 Å². The molecule has 0 bridgehead atoms. The molecule has 6 nitrogen and oxygen atoms in total. The number of nitrogens with zero attached hydrogens (tertiary/aromatic N) is 2. The Morgan fingerprint density at radius 3 is 2.83 bits per heavy atom. The summed E-state index contributed by atoms with van der Waals surface area (Å²) in [7, 11) is 0. The van der Waals surface area contributed by atoms with Crippen molar-refractivity contribution in [2.75, 3.05) is 0 Å². The Balaban J connectivity index is 2.44. The topological polar surface area (TPSA) is 88.9 Å². The highest BCUT2D eigenvalue weighted by Crippen LogP contribution is 2.27. The Morgan fingerprint density at radius 2 is 2.17 bits per heavy atom. The molecule has 2 aromatic rings.